The molecule has 0 aliphatic carbocycles. The second-order valence-electron chi connectivity index (χ2n) is 6.68. The van der Waals surface area contributed by atoms with Gasteiger partial charge in [0, 0.05) is 20.0 Å². The Kier molecular flexibility index (Phi) is 5.39. The van der Waals surface area contributed by atoms with Crippen LogP contribution in [0.25, 0.3) is 0 Å². The van der Waals surface area contributed by atoms with Crippen LogP contribution in [0, 0.1) is 5.92 Å². The monoisotopic (exact) mass is 298 g/mol. The van der Waals surface area contributed by atoms with Crippen molar-refractivity contribution in [1.29, 1.82) is 0 Å². The Hall–Kier alpha value is -1.56. The van der Waals surface area contributed by atoms with Gasteiger partial charge < -0.3 is 20.1 Å². The molecule has 1 fully saturated rings. The van der Waals surface area contributed by atoms with Crippen molar-refractivity contribution in [3.05, 3.63) is 12.7 Å². The number of amides is 2. The van der Waals surface area contributed by atoms with Crippen LogP contribution in [0.2, 0.25) is 0 Å². The Labute approximate surface area is 126 Å². The minimum atomic E-state index is -0.847. The van der Waals surface area contributed by atoms with E-state index in [2.05, 4.69) is 11.9 Å². The maximum absolute atomic E-state index is 12.2. The molecule has 0 aromatic rings. The van der Waals surface area contributed by atoms with Gasteiger partial charge in [-0.2, -0.15) is 0 Å². The molecule has 2 atom stereocenters. The third kappa shape index (κ3) is 5.04. The molecule has 1 rings (SSSR count). The van der Waals surface area contributed by atoms with Crippen LogP contribution in [0.3, 0.4) is 0 Å². The normalized spacial score (nSPS) is 26.1. The van der Waals surface area contributed by atoms with E-state index in [9.17, 15) is 14.7 Å². The Morgan fingerprint density at radius 3 is 2.57 bits per heavy atom. The molecule has 6 nitrogen and oxygen atoms in total. The second kappa shape index (κ2) is 6.47. The maximum atomic E-state index is 12.2. The van der Waals surface area contributed by atoms with E-state index in [-0.39, 0.29) is 25.0 Å². The summed E-state index contributed by atoms with van der Waals surface area (Å²) in [5, 5.41) is 12.5. The van der Waals surface area contributed by atoms with Crippen LogP contribution >= 0.6 is 0 Å². The second-order valence-corrected chi connectivity index (χ2v) is 6.68. The zero-order chi connectivity index (χ0) is 16.3. The van der Waals surface area contributed by atoms with Gasteiger partial charge in [-0.1, -0.05) is 6.08 Å². The molecule has 21 heavy (non-hydrogen) atoms. The highest BCUT2D eigenvalue weighted by molar-refractivity contribution is 5.74. The molecule has 1 unspecified atom stereocenters. The molecule has 120 valence electrons. The zero-order valence-electron chi connectivity index (χ0n) is 13.3. The van der Waals surface area contributed by atoms with Gasteiger partial charge in [0.25, 0.3) is 0 Å². The van der Waals surface area contributed by atoms with E-state index >= 15 is 0 Å². The van der Waals surface area contributed by atoms with Gasteiger partial charge in [0.2, 0.25) is 5.91 Å². The molecule has 6 heteroatoms. The molecule has 1 aliphatic rings. The van der Waals surface area contributed by atoms with Gasteiger partial charge in [-0.25, -0.2) is 4.79 Å². The van der Waals surface area contributed by atoms with Crippen molar-refractivity contribution in [3.63, 3.8) is 0 Å². The number of aliphatic hydroxyl groups excluding tert-OH is 1. The highest BCUT2D eigenvalue weighted by Crippen LogP contribution is 2.27. The predicted molar refractivity (Wildman–Crippen MR) is 79.7 cm³/mol. The fourth-order valence-corrected chi connectivity index (χ4v) is 2.59. The molecule has 0 aromatic carbocycles. The van der Waals surface area contributed by atoms with E-state index in [1.165, 1.54) is 11.8 Å². The molecule has 1 heterocycles. The number of likely N-dealkylation sites (tertiary alicyclic amines) is 1. The minimum Gasteiger partial charge on any atom is -0.444 e. The first-order valence-electron chi connectivity index (χ1n) is 7.11. The molecule has 0 aromatic heterocycles. The maximum Gasteiger partial charge on any atom is 0.410 e. The number of hydrogen-bond acceptors (Lipinski definition) is 4. The highest BCUT2D eigenvalue weighted by Gasteiger charge is 2.42. The largest absolute Gasteiger partial charge is 0.444 e. The topological polar surface area (TPSA) is 78.9 Å². The van der Waals surface area contributed by atoms with Crippen molar-refractivity contribution in [2.24, 2.45) is 5.92 Å². The summed E-state index contributed by atoms with van der Waals surface area (Å²) in [5.41, 5.74) is -1.44. The lowest BCUT2D eigenvalue weighted by atomic mass is 9.83. The number of rotatable bonds is 3. The average molecular weight is 298 g/mol. The average Bonchev–Trinajstić information content (AvgIpc) is 2.35. The molecule has 1 saturated heterocycles. The van der Waals surface area contributed by atoms with E-state index in [1.807, 2.05) is 0 Å². The van der Waals surface area contributed by atoms with Crippen LogP contribution in [-0.2, 0) is 9.53 Å². The van der Waals surface area contributed by atoms with E-state index in [0.29, 0.717) is 13.0 Å². The first kappa shape index (κ1) is 17.5. The van der Waals surface area contributed by atoms with Crippen molar-refractivity contribution < 1.29 is 19.4 Å². The third-order valence-corrected chi connectivity index (χ3v) is 3.33. The standard InChI is InChI=1S/C15H26N2O4/c1-6-12-7-15(10-18,16-11(2)19)9-17(8-12)13(20)21-14(3,4)5/h6,12,18H,1,7-10H2,2-5H3,(H,16,19)/t12-,15?/m0/s1. The van der Waals surface area contributed by atoms with Crippen LogP contribution in [0.4, 0.5) is 4.79 Å². The summed E-state index contributed by atoms with van der Waals surface area (Å²) in [5.74, 6) is -0.247. The first-order valence-corrected chi connectivity index (χ1v) is 7.11. The summed E-state index contributed by atoms with van der Waals surface area (Å²) in [6, 6.07) is 0. The van der Waals surface area contributed by atoms with Crippen molar-refractivity contribution in [2.45, 2.75) is 45.3 Å². The number of hydrogen-bond donors (Lipinski definition) is 2. The van der Waals surface area contributed by atoms with Gasteiger partial charge in [-0.05, 0) is 33.1 Å². The van der Waals surface area contributed by atoms with Gasteiger partial charge in [-0.3, -0.25) is 4.79 Å². The molecular formula is C15H26N2O4. The fraction of sp³-hybridized carbons (Fsp3) is 0.733. The van der Waals surface area contributed by atoms with Crippen molar-refractivity contribution in [1.82, 2.24) is 10.2 Å². The number of carbonyl (C=O) groups is 2. The summed E-state index contributed by atoms with van der Waals surface area (Å²) in [4.78, 5) is 25.2. The molecule has 2 amide bonds. The number of nitrogens with zero attached hydrogens (tertiary/aromatic N) is 1. The van der Waals surface area contributed by atoms with Crippen LogP contribution < -0.4 is 5.32 Å². The molecular weight excluding hydrogens is 272 g/mol. The number of carbonyl (C=O) groups excluding carboxylic acids is 2. The summed E-state index contributed by atoms with van der Waals surface area (Å²) < 4.78 is 5.37. The third-order valence-electron chi connectivity index (χ3n) is 3.33. The molecule has 2 N–H and O–H groups in total. The smallest absolute Gasteiger partial charge is 0.410 e. The highest BCUT2D eigenvalue weighted by atomic mass is 16.6. The molecule has 0 radical (unpaired) electrons. The van der Waals surface area contributed by atoms with Crippen LogP contribution in [0.5, 0.6) is 0 Å². The van der Waals surface area contributed by atoms with Crippen LogP contribution in [-0.4, -0.2) is 52.8 Å². The number of aliphatic hydroxyl groups is 1. The lowest BCUT2D eigenvalue weighted by molar-refractivity contribution is -0.122. The lowest BCUT2D eigenvalue weighted by Crippen LogP contribution is -2.63. The minimum absolute atomic E-state index is 0.00901. The van der Waals surface area contributed by atoms with Gasteiger partial charge in [0.05, 0.1) is 12.1 Å². The van der Waals surface area contributed by atoms with Crippen LogP contribution in [0.1, 0.15) is 34.1 Å². The summed E-state index contributed by atoms with van der Waals surface area (Å²) in [7, 11) is 0. The molecule has 0 spiro atoms. The summed E-state index contributed by atoms with van der Waals surface area (Å²) >= 11 is 0. The molecule has 0 bridgehead atoms. The number of ether oxygens (including phenoxy) is 1. The predicted octanol–water partition coefficient (Wildman–Crippen LogP) is 1.30. The molecule has 0 saturated carbocycles. The lowest BCUT2D eigenvalue weighted by Gasteiger charge is -2.45. The quantitative estimate of drug-likeness (QED) is 0.770. The summed E-state index contributed by atoms with van der Waals surface area (Å²) in [6.45, 7) is 11.0. The van der Waals surface area contributed by atoms with Crippen molar-refractivity contribution in [3.8, 4) is 0 Å². The van der Waals surface area contributed by atoms with Gasteiger partial charge in [0.15, 0.2) is 0 Å². The Balaban J connectivity index is 2.92. The van der Waals surface area contributed by atoms with Gasteiger partial charge in [-0.15, -0.1) is 6.58 Å². The van der Waals surface area contributed by atoms with Gasteiger partial charge >= 0.3 is 6.09 Å². The number of piperidine rings is 1. The Bertz CT molecular complexity index is 416. The van der Waals surface area contributed by atoms with E-state index in [4.69, 9.17) is 4.74 Å². The summed E-state index contributed by atoms with van der Waals surface area (Å²) in [6.07, 6.45) is 1.84. The zero-order valence-corrected chi connectivity index (χ0v) is 13.3. The van der Waals surface area contributed by atoms with Gasteiger partial charge in [0.1, 0.15) is 5.60 Å². The van der Waals surface area contributed by atoms with Crippen molar-refractivity contribution >= 4 is 12.0 Å². The molecule has 1 aliphatic heterocycles. The fourth-order valence-electron chi connectivity index (χ4n) is 2.59. The van der Waals surface area contributed by atoms with E-state index < -0.39 is 17.2 Å². The van der Waals surface area contributed by atoms with E-state index in [1.54, 1.807) is 26.8 Å². The first-order chi connectivity index (χ1) is 9.61. The number of nitrogens with one attached hydrogen (secondary N) is 1. The Morgan fingerprint density at radius 1 is 1.52 bits per heavy atom. The van der Waals surface area contributed by atoms with E-state index in [0.717, 1.165) is 0 Å². The Morgan fingerprint density at radius 2 is 2.14 bits per heavy atom. The van der Waals surface area contributed by atoms with Crippen LogP contribution in [0.15, 0.2) is 12.7 Å². The SMILES string of the molecule is C=C[C@@H]1CN(C(=O)OC(C)(C)C)CC(CO)(NC(C)=O)C1. The van der Waals surface area contributed by atoms with Crippen molar-refractivity contribution in [2.75, 3.05) is 19.7 Å².